The molecule has 0 bridgehead atoms. The van der Waals surface area contributed by atoms with E-state index in [0.29, 0.717) is 11.3 Å². The number of aliphatic hydroxyl groups excluding tert-OH is 1. The lowest BCUT2D eigenvalue weighted by Crippen LogP contribution is -1.98. The van der Waals surface area contributed by atoms with E-state index in [1.54, 1.807) is 0 Å². The normalized spacial score (nSPS) is 12.2. The van der Waals surface area contributed by atoms with Gasteiger partial charge in [-0.3, -0.25) is 10.1 Å². The van der Waals surface area contributed by atoms with Gasteiger partial charge in [-0.15, -0.1) is 0 Å². The summed E-state index contributed by atoms with van der Waals surface area (Å²) in [5.41, 5.74) is 0.364. The van der Waals surface area contributed by atoms with Crippen LogP contribution in [-0.4, -0.2) is 17.1 Å². The largest absolute Gasteiger partial charge is 0.496 e. The van der Waals surface area contributed by atoms with Crippen molar-refractivity contribution in [2.24, 2.45) is 0 Å². The highest BCUT2D eigenvalue weighted by Gasteiger charge is 2.14. The summed E-state index contributed by atoms with van der Waals surface area (Å²) in [5, 5.41) is 19.8. The molecule has 1 atom stereocenters. The number of nitro benzene ring substituents is 1. The molecule has 0 aliphatic carbocycles. The summed E-state index contributed by atoms with van der Waals surface area (Å²) in [6, 6.07) is 4.12. The number of rotatable bonds is 3. The van der Waals surface area contributed by atoms with E-state index in [2.05, 4.69) is 0 Å². The Labute approximate surface area is 81.1 Å². The Bertz CT molecular complexity index is 349. The van der Waals surface area contributed by atoms with Crippen molar-refractivity contribution in [2.75, 3.05) is 7.11 Å². The van der Waals surface area contributed by atoms with Crippen molar-refractivity contribution in [3.8, 4) is 5.75 Å². The molecule has 0 radical (unpaired) electrons. The van der Waals surface area contributed by atoms with E-state index in [1.165, 1.54) is 32.2 Å². The van der Waals surface area contributed by atoms with Gasteiger partial charge in [-0.1, -0.05) is 0 Å². The number of nitrogens with zero attached hydrogens (tertiary/aromatic N) is 1. The van der Waals surface area contributed by atoms with Gasteiger partial charge < -0.3 is 9.84 Å². The van der Waals surface area contributed by atoms with E-state index in [9.17, 15) is 15.2 Å². The summed E-state index contributed by atoms with van der Waals surface area (Å²) in [6.07, 6.45) is -0.787. The molecule has 1 aromatic rings. The number of benzene rings is 1. The third-order valence-corrected chi connectivity index (χ3v) is 1.87. The lowest BCUT2D eigenvalue weighted by Gasteiger charge is -2.09. The average molecular weight is 197 g/mol. The van der Waals surface area contributed by atoms with Crippen LogP contribution in [0.15, 0.2) is 18.2 Å². The van der Waals surface area contributed by atoms with E-state index < -0.39 is 11.0 Å². The maximum absolute atomic E-state index is 10.5. The third kappa shape index (κ3) is 2.00. The summed E-state index contributed by atoms with van der Waals surface area (Å²) in [7, 11) is 1.45. The van der Waals surface area contributed by atoms with Crippen LogP contribution in [-0.2, 0) is 0 Å². The molecule has 0 fully saturated rings. The zero-order valence-electron chi connectivity index (χ0n) is 7.93. The van der Waals surface area contributed by atoms with Crippen LogP contribution < -0.4 is 4.74 Å². The maximum atomic E-state index is 10.5. The third-order valence-electron chi connectivity index (χ3n) is 1.87. The van der Waals surface area contributed by atoms with Gasteiger partial charge in [0, 0.05) is 17.7 Å². The quantitative estimate of drug-likeness (QED) is 0.590. The number of ether oxygens (including phenoxy) is 1. The molecule has 5 heteroatoms. The molecule has 1 rings (SSSR count). The van der Waals surface area contributed by atoms with Crippen molar-refractivity contribution in [1.29, 1.82) is 0 Å². The van der Waals surface area contributed by atoms with Gasteiger partial charge in [-0.05, 0) is 13.0 Å². The minimum absolute atomic E-state index is 0.0540. The molecule has 0 aliphatic heterocycles. The highest BCUT2D eigenvalue weighted by atomic mass is 16.6. The summed E-state index contributed by atoms with van der Waals surface area (Å²) in [4.78, 5) is 9.95. The molecule has 1 aromatic carbocycles. The average Bonchev–Trinajstić information content (AvgIpc) is 2.16. The summed E-state index contributed by atoms with van der Waals surface area (Å²) < 4.78 is 4.96. The number of hydrogen-bond donors (Lipinski definition) is 1. The number of methoxy groups -OCH3 is 1. The van der Waals surface area contributed by atoms with Gasteiger partial charge in [0.2, 0.25) is 0 Å². The molecule has 0 saturated carbocycles. The van der Waals surface area contributed by atoms with E-state index in [-0.39, 0.29) is 5.69 Å². The number of hydrogen-bond acceptors (Lipinski definition) is 4. The Morgan fingerprint density at radius 2 is 2.21 bits per heavy atom. The van der Waals surface area contributed by atoms with Crippen LogP contribution in [0.5, 0.6) is 5.75 Å². The molecule has 0 spiro atoms. The predicted octanol–water partition coefficient (Wildman–Crippen LogP) is 1.66. The standard InChI is InChI=1S/C9H11NO4/c1-6(11)8-5-7(10(12)13)3-4-9(8)14-2/h3-6,11H,1-2H3/t6-/m1/s1. The van der Waals surface area contributed by atoms with Gasteiger partial charge in [0.25, 0.3) is 5.69 Å². The van der Waals surface area contributed by atoms with Gasteiger partial charge in [0.15, 0.2) is 0 Å². The summed E-state index contributed by atoms with van der Waals surface area (Å²) in [5.74, 6) is 0.450. The lowest BCUT2D eigenvalue weighted by molar-refractivity contribution is -0.385. The van der Waals surface area contributed by atoms with Crippen molar-refractivity contribution in [3.05, 3.63) is 33.9 Å². The van der Waals surface area contributed by atoms with Crippen LogP contribution in [0, 0.1) is 10.1 Å². The molecule has 1 N–H and O–H groups in total. The smallest absolute Gasteiger partial charge is 0.270 e. The van der Waals surface area contributed by atoms with Crippen LogP contribution in [0.2, 0.25) is 0 Å². The Morgan fingerprint density at radius 3 is 2.64 bits per heavy atom. The molecule has 14 heavy (non-hydrogen) atoms. The topological polar surface area (TPSA) is 72.6 Å². The highest BCUT2D eigenvalue weighted by Crippen LogP contribution is 2.28. The minimum atomic E-state index is -0.787. The molecule has 0 aromatic heterocycles. The Morgan fingerprint density at radius 1 is 1.57 bits per heavy atom. The molecule has 0 aliphatic rings. The van der Waals surface area contributed by atoms with E-state index in [1.807, 2.05) is 0 Å². The first-order valence-electron chi connectivity index (χ1n) is 4.06. The molecule has 5 nitrogen and oxygen atoms in total. The molecule has 76 valence electrons. The Hall–Kier alpha value is -1.62. The van der Waals surface area contributed by atoms with Gasteiger partial charge in [0.05, 0.1) is 18.1 Å². The predicted molar refractivity (Wildman–Crippen MR) is 50.3 cm³/mol. The first-order valence-corrected chi connectivity index (χ1v) is 4.06. The molecule has 0 heterocycles. The number of aliphatic hydroxyl groups is 1. The van der Waals surface area contributed by atoms with E-state index in [0.717, 1.165) is 0 Å². The first kappa shape index (κ1) is 10.5. The minimum Gasteiger partial charge on any atom is -0.496 e. The van der Waals surface area contributed by atoms with Gasteiger partial charge in [0.1, 0.15) is 5.75 Å². The van der Waals surface area contributed by atoms with Gasteiger partial charge in [-0.2, -0.15) is 0 Å². The van der Waals surface area contributed by atoms with Crippen LogP contribution in [0.4, 0.5) is 5.69 Å². The number of non-ortho nitro benzene ring substituents is 1. The van der Waals surface area contributed by atoms with Crippen LogP contribution in [0.1, 0.15) is 18.6 Å². The Kier molecular flexibility index (Phi) is 3.03. The summed E-state index contributed by atoms with van der Waals surface area (Å²) >= 11 is 0. The second-order valence-corrected chi connectivity index (χ2v) is 2.86. The van der Waals surface area contributed by atoms with Crippen molar-refractivity contribution in [1.82, 2.24) is 0 Å². The second-order valence-electron chi connectivity index (χ2n) is 2.86. The lowest BCUT2D eigenvalue weighted by atomic mass is 10.1. The fourth-order valence-corrected chi connectivity index (χ4v) is 1.16. The molecular weight excluding hydrogens is 186 g/mol. The zero-order chi connectivity index (χ0) is 10.7. The SMILES string of the molecule is COc1ccc([N+](=O)[O-])cc1[C@@H](C)O. The van der Waals surface area contributed by atoms with Crippen molar-refractivity contribution in [2.45, 2.75) is 13.0 Å². The fraction of sp³-hybridized carbons (Fsp3) is 0.333. The summed E-state index contributed by atoms with van der Waals surface area (Å²) in [6.45, 7) is 1.53. The van der Waals surface area contributed by atoms with Crippen molar-refractivity contribution in [3.63, 3.8) is 0 Å². The molecule has 0 saturated heterocycles. The van der Waals surface area contributed by atoms with Gasteiger partial charge in [-0.25, -0.2) is 0 Å². The van der Waals surface area contributed by atoms with Crippen molar-refractivity contribution < 1.29 is 14.8 Å². The maximum Gasteiger partial charge on any atom is 0.270 e. The second kappa shape index (κ2) is 4.06. The van der Waals surface area contributed by atoms with Crippen LogP contribution in [0.25, 0.3) is 0 Å². The van der Waals surface area contributed by atoms with Crippen molar-refractivity contribution >= 4 is 5.69 Å². The molecule has 0 amide bonds. The Balaban J connectivity index is 3.20. The van der Waals surface area contributed by atoms with Crippen LogP contribution >= 0.6 is 0 Å². The fourth-order valence-electron chi connectivity index (χ4n) is 1.16. The van der Waals surface area contributed by atoms with Crippen LogP contribution in [0.3, 0.4) is 0 Å². The van der Waals surface area contributed by atoms with Gasteiger partial charge >= 0.3 is 0 Å². The van der Waals surface area contributed by atoms with E-state index >= 15 is 0 Å². The number of nitro groups is 1. The first-order chi connectivity index (χ1) is 6.56. The highest BCUT2D eigenvalue weighted by molar-refractivity contribution is 5.44. The van der Waals surface area contributed by atoms with E-state index in [4.69, 9.17) is 4.74 Å². The molecular formula is C9H11NO4. The monoisotopic (exact) mass is 197 g/mol. The molecule has 0 unspecified atom stereocenters. The zero-order valence-corrected chi connectivity index (χ0v) is 7.93.